The van der Waals surface area contributed by atoms with E-state index in [0.29, 0.717) is 36.4 Å². The van der Waals surface area contributed by atoms with Gasteiger partial charge in [0.2, 0.25) is 5.91 Å². The van der Waals surface area contributed by atoms with Crippen molar-refractivity contribution in [3.63, 3.8) is 0 Å². The summed E-state index contributed by atoms with van der Waals surface area (Å²) in [5.41, 5.74) is 1.44. The van der Waals surface area contributed by atoms with Gasteiger partial charge in [-0.2, -0.15) is 0 Å². The molecule has 0 saturated carbocycles. The number of rotatable bonds is 7. The molecule has 2 atom stereocenters. The normalized spacial score (nSPS) is 19.9. The Kier molecular flexibility index (Phi) is 6.79. The SMILES string of the molecule is CCOC(=O)c1[nH]c2ccc(OCC)cc2c1NC(=O)CN1C[C@@H](C)C[C@H](C)C1. The van der Waals surface area contributed by atoms with Gasteiger partial charge in [-0.1, -0.05) is 13.8 Å². The van der Waals surface area contributed by atoms with Crippen molar-refractivity contribution in [3.8, 4) is 5.75 Å². The van der Waals surface area contributed by atoms with Crippen molar-refractivity contribution in [3.05, 3.63) is 23.9 Å². The lowest BCUT2D eigenvalue weighted by Crippen LogP contribution is -2.42. The Morgan fingerprint density at radius 1 is 1.17 bits per heavy atom. The van der Waals surface area contributed by atoms with Crippen LogP contribution >= 0.6 is 0 Å². The average molecular weight is 402 g/mol. The van der Waals surface area contributed by atoms with Crippen LogP contribution in [-0.2, 0) is 9.53 Å². The van der Waals surface area contributed by atoms with E-state index >= 15 is 0 Å². The lowest BCUT2D eigenvalue weighted by molar-refractivity contribution is -0.117. The number of piperidine rings is 1. The summed E-state index contributed by atoms with van der Waals surface area (Å²) in [5, 5.41) is 3.68. The van der Waals surface area contributed by atoms with Gasteiger partial charge in [0.15, 0.2) is 0 Å². The number of fused-ring (bicyclic) bond motifs is 1. The maximum absolute atomic E-state index is 12.8. The van der Waals surface area contributed by atoms with Crippen LogP contribution in [-0.4, -0.2) is 54.6 Å². The van der Waals surface area contributed by atoms with Crippen LogP contribution in [0.4, 0.5) is 5.69 Å². The van der Waals surface area contributed by atoms with E-state index in [-0.39, 0.29) is 18.2 Å². The third-order valence-corrected chi connectivity index (χ3v) is 5.14. The van der Waals surface area contributed by atoms with Gasteiger partial charge in [0.1, 0.15) is 11.4 Å². The maximum Gasteiger partial charge on any atom is 0.356 e. The molecule has 2 aromatic rings. The number of amides is 1. The van der Waals surface area contributed by atoms with Crippen molar-refractivity contribution < 1.29 is 19.1 Å². The lowest BCUT2D eigenvalue weighted by Gasteiger charge is -2.34. The van der Waals surface area contributed by atoms with Gasteiger partial charge in [-0.15, -0.1) is 0 Å². The van der Waals surface area contributed by atoms with Gasteiger partial charge in [-0.25, -0.2) is 4.79 Å². The van der Waals surface area contributed by atoms with Crippen molar-refractivity contribution >= 4 is 28.5 Å². The molecule has 1 aromatic carbocycles. The molecule has 2 heterocycles. The molecule has 0 bridgehead atoms. The minimum absolute atomic E-state index is 0.139. The number of anilines is 1. The van der Waals surface area contributed by atoms with Gasteiger partial charge in [0.25, 0.3) is 0 Å². The molecule has 0 aliphatic carbocycles. The number of nitrogens with zero attached hydrogens (tertiary/aromatic N) is 1. The molecule has 0 unspecified atom stereocenters. The fourth-order valence-corrected chi connectivity index (χ4v) is 4.22. The highest BCUT2D eigenvalue weighted by Gasteiger charge is 2.25. The van der Waals surface area contributed by atoms with E-state index < -0.39 is 5.97 Å². The fourth-order valence-electron chi connectivity index (χ4n) is 4.22. The van der Waals surface area contributed by atoms with Crippen molar-refractivity contribution in [2.24, 2.45) is 11.8 Å². The molecule has 158 valence electrons. The fraction of sp³-hybridized carbons (Fsp3) is 0.545. The number of hydrogen-bond acceptors (Lipinski definition) is 5. The number of benzene rings is 1. The van der Waals surface area contributed by atoms with E-state index in [9.17, 15) is 9.59 Å². The number of carbonyl (C=O) groups excluding carboxylic acids is 2. The van der Waals surface area contributed by atoms with Gasteiger partial charge in [-0.05, 0) is 50.3 Å². The molecule has 1 aliphatic rings. The summed E-state index contributed by atoms with van der Waals surface area (Å²) in [6, 6.07) is 5.50. The zero-order valence-corrected chi connectivity index (χ0v) is 17.7. The van der Waals surface area contributed by atoms with Gasteiger partial charge in [0, 0.05) is 24.0 Å². The van der Waals surface area contributed by atoms with Crippen molar-refractivity contribution in [2.45, 2.75) is 34.1 Å². The predicted molar refractivity (Wildman–Crippen MR) is 113 cm³/mol. The minimum Gasteiger partial charge on any atom is -0.494 e. The Balaban J connectivity index is 1.86. The Labute approximate surface area is 171 Å². The van der Waals surface area contributed by atoms with Gasteiger partial charge in [-0.3, -0.25) is 9.69 Å². The Morgan fingerprint density at radius 3 is 2.55 bits per heavy atom. The standard InChI is InChI=1S/C22H31N3O4/c1-5-28-16-7-8-18-17(10-16)20(21(23-18)22(27)29-6-2)24-19(26)13-25-11-14(3)9-15(4)12-25/h7-8,10,14-15,23H,5-6,9,11-13H2,1-4H3,(H,24,26)/t14-,15-/m0/s1. The number of H-pyrrole nitrogens is 1. The average Bonchev–Trinajstić information content (AvgIpc) is 2.99. The Bertz CT molecular complexity index is 866. The molecule has 3 rings (SSSR count). The number of aromatic amines is 1. The molecule has 1 fully saturated rings. The summed E-state index contributed by atoms with van der Waals surface area (Å²) >= 11 is 0. The largest absolute Gasteiger partial charge is 0.494 e. The van der Waals surface area contributed by atoms with Crippen molar-refractivity contribution in [2.75, 3.05) is 38.2 Å². The third-order valence-electron chi connectivity index (χ3n) is 5.14. The summed E-state index contributed by atoms with van der Waals surface area (Å²) in [7, 11) is 0. The van der Waals surface area contributed by atoms with Crippen LogP contribution in [0.15, 0.2) is 18.2 Å². The monoisotopic (exact) mass is 401 g/mol. The molecule has 7 nitrogen and oxygen atoms in total. The van der Waals surface area contributed by atoms with Crippen LogP contribution in [0.2, 0.25) is 0 Å². The Morgan fingerprint density at radius 2 is 1.90 bits per heavy atom. The summed E-state index contributed by atoms with van der Waals surface area (Å²) in [6.07, 6.45) is 1.19. The molecule has 0 spiro atoms. The quantitative estimate of drug-likeness (QED) is 0.692. The lowest BCUT2D eigenvalue weighted by atomic mass is 9.92. The maximum atomic E-state index is 12.8. The van der Waals surface area contributed by atoms with E-state index in [1.807, 2.05) is 25.1 Å². The smallest absolute Gasteiger partial charge is 0.356 e. The molecule has 7 heteroatoms. The van der Waals surface area contributed by atoms with E-state index in [1.54, 1.807) is 6.92 Å². The van der Waals surface area contributed by atoms with Crippen molar-refractivity contribution in [1.82, 2.24) is 9.88 Å². The Hall–Kier alpha value is -2.54. The van der Waals surface area contributed by atoms with E-state index in [0.717, 1.165) is 24.0 Å². The third kappa shape index (κ3) is 5.09. The zero-order valence-electron chi connectivity index (χ0n) is 17.7. The van der Waals surface area contributed by atoms with Gasteiger partial charge in [0.05, 0.1) is 25.4 Å². The predicted octanol–water partition coefficient (Wildman–Crippen LogP) is 3.66. The number of likely N-dealkylation sites (tertiary alicyclic amines) is 1. The molecule has 1 aromatic heterocycles. The molecular formula is C22H31N3O4. The molecule has 1 aliphatic heterocycles. The van der Waals surface area contributed by atoms with Gasteiger partial charge >= 0.3 is 5.97 Å². The molecule has 29 heavy (non-hydrogen) atoms. The van der Waals surface area contributed by atoms with Crippen LogP contribution in [0.1, 0.15) is 44.6 Å². The van der Waals surface area contributed by atoms with Crippen LogP contribution < -0.4 is 10.1 Å². The van der Waals surface area contributed by atoms with Gasteiger partial charge < -0.3 is 19.8 Å². The highest BCUT2D eigenvalue weighted by atomic mass is 16.5. The first-order valence-electron chi connectivity index (χ1n) is 10.4. The highest BCUT2D eigenvalue weighted by molar-refractivity contribution is 6.11. The molecule has 2 N–H and O–H groups in total. The number of esters is 1. The molecular weight excluding hydrogens is 370 g/mol. The molecule has 0 radical (unpaired) electrons. The minimum atomic E-state index is -0.489. The number of hydrogen-bond donors (Lipinski definition) is 2. The molecule has 1 amide bonds. The van der Waals surface area contributed by atoms with Crippen LogP contribution in [0.5, 0.6) is 5.75 Å². The zero-order chi connectivity index (χ0) is 21.0. The number of carbonyl (C=O) groups is 2. The van der Waals surface area contributed by atoms with Crippen LogP contribution in [0.25, 0.3) is 10.9 Å². The number of ether oxygens (including phenoxy) is 2. The summed E-state index contributed by atoms with van der Waals surface area (Å²) in [4.78, 5) is 30.5. The number of nitrogens with one attached hydrogen (secondary N) is 2. The highest BCUT2D eigenvalue weighted by Crippen LogP contribution is 2.32. The summed E-state index contributed by atoms with van der Waals surface area (Å²) in [5.74, 6) is 1.20. The number of aromatic nitrogens is 1. The second-order valence-corrected chi connectivity index (χ2v) is 7.92. The van der Waals surface area contributed by atoms with E-state index in [4.69, 9.17) is 9.47 Å². The van der Waals surface area contributed by atoms with Crippen LogP contribution in [0.3, 0.4) is 0 Å². The first-order chi connectivity index (χ1) is 13.9. The first-order valence-corrected chi connectivity index (χ1v) is 10.4. The van der Waals surface area contributed by atoms with E-state index in [1.165, 1.54) is 6.42 Å². The second-order valence-electron chi connectivity index (χ2n) is 7.92. The molecule has 1 saturated heterocycles. The summed E-state index contributed by atoms with van der Waals surface area (Å²) in [6.45, 7) is 11.0. The second kappa shape index (κ2) is 9.31. The topological polar surface area (TPSA) is 83.7 Å². The first kappa shape index (κ1) is 21.2. The van der Waals surface area contributed by atoms with E-state index in [2.05, 4.69) is 29.0 Å². The van der Waals surface area contributed by atoms with Crippen molar-refractivity contribution in [1.29, 1.82) is 0 Å². The van der Waals surface area contributed by atoms with Crippen LogP contribution in [0, 0.1) is 11.8 Å². The summed E-state index contributed by atoms with van der Waals surface area (Å²) < 4.78 is 10.8.